The van der Waals surface area contributed by atoms with Crippen LogP contribution in [0.15, 0.2) is 0 Å². The second kappa shape index (κ2) is 3.01. The Morgan fingerprint density at radius 2 is 2.00 bits per heavy atom. The fraction of sp³-hybridized carbons (Fsp3) is 0.857. The quantitative estimate of drug-likeness (QED) is 0.577. The lowest BCUT2D eigenvalue weighted by atomic mass is 9.89. The molecule has 60 valence electrons. The maximum absolute atomic E-state index is 11.0. The van der Waals surface area contributed by atoms with Crippen LogP contribution in [0.25, 0.3) is 0 Å². The van der Waals surface area contributed by atoms with Crippen LogP contribution in [0.2, 0.25) is 0 Å². The van der Waals surface area contributed by atoms with Gasteiger partial charge in [0.2, 0.25) is 5.91 Å². The molecule has 10 heavy (non-hydrogen) atoms. The minimum atomic E-state index is -0.741. The summed E-state index contributed by atoms with van der Waals surface area (Å²) < 4.78 is 0. The van der Waals surface area contributed by atoms with Gasteiger partial charge in [-0.3, -0.25) is 4.79 Å². The summed E-state index contributed by atoms with van der Waals surface area (Å²) >= 11 is 0. The summed E-state index contributed by atoms with van der Waals surface area (Å²) in [4.78, 5) is 11.0. The van der Waals surface area contributed by atoms with E-state index in [-0.39, 0.29) is 11.8 Å². The molecule has 0 aliphatic heterocycles. The molecule has 1 amide bonds. The molecule has 0 saturated heterocycles. The molecule has 0 heterocycles. The fourth-order valence-corrected chi connectivity index (χ4v) is 0.532. The topological polar surface area (TPSA) is 55.1 Å². The van der Waals surface area contributed by atoms with E-state index in [1.54, 1.807) is 14.0 Å². The number of carbonyl (C=O) groups is 1. The molecule has 0 rings (SSSR count). The van der Waals surface area contributed by atoms with Crippen molar-refractivity contribution < 1.29 is 4.79 Å². The van der Waals surface area contributed by atoms with Crippen LogP contribution in [0.5, 0.6) is 0 Å². The number of carbonyl (C=O) groups excluding carboxylic acids is 1. The van der Waals surface area contributed by atoms with Crippen molar-refractivity contribution in [1.82, 2.24) is 5.32 Å². The van der Waals surface area contributed by atoms with Gasteiger partial charge in [-0.25, -0.2) is 0 Å². The molecular weight excluding hydrogens is 128 g/mol. The smallest absolute Gasteiger partial charge is 0.239 e. The highest BCUT2D eigenvalue weighted by molar-refractivity contribution is 5.85. The summed E-state index contributed by atoms with van der Waals surface area (Å²) in [6.07, 6.45) is 0. The lowest BCUT2D eigenvalue weighted by molar-refractivity contribution is -0.126. The van der Waals surface area contributed by atoms with E-state index in [1.807, 2.05) is 13.8 Å². The molecule has 3 N–H and O–H groups in total. The van der Waals surface area contributed by atoms with Crippen molar-refractivity contribution in [2.24, 2.45) is 11.7 Å². The third-order valence-electron chi connectivity index (χ3n) is 1.92. The average Bonchev–Trinajstić information content (AvgIpc) is 1.86. The van der Waals surface area contributed by atoms with Crippen molar-refractivity contribution in [3.05, 3.63) is 0 Å². The summed E-state index contributed by atoms with van der Waals surface area (Å²) in [7, 11) is 1.59. The van der Waals surface area contributed by atoms with Crippen LogP contribution in [-0.4, -0.2) is 18.5 Å². The first-order valence-electron chi connectivity index (χ1n) is 3.44. The molecule has 0 aromatic carbocycles. The summed E-state index contributed by atoms with van der Waals surface area (Å²) in [6, 6.07) is 0. The Morgan fingerprint density at radius 1 is 1.60 bits per heavy atom. The van der Waals surface area contributed by atoms with Gasteiger partial charge in [-0.2, -0.15) is 0 Å². The van der Waals surface area contributed by atoms with Crippen LogP contribution >= 0.6 is 0 Å². The highest BCUT2D eigenvalue weighted by Gasteiger charge is 2.30. The molecule has 0 aromatic rings. The number of amides is 1. The van der Waals surface area contributed by atoms with Crippen molar-refractivity contribution in [2.75, 3.05) is 7.05 Å². The van der Waals surface area contributed by atoms with Gasteiger partial charge in [-0.15, -0.1) is 0 Å². The standard InChI is InChI=1S/C7H16N2O/c1-5(2)7(3,8)6(10)9-4/h5H,8H2,1-4H3,(H,9,10). The lowest BCUT2D eigenvalue weighted by Crippen LogP contribution is -2.54. The monoisotopic (exact) mass is 144 g/mol. The molecule has 3 heteroatoms. The van der Waals surface area contributed by atoms with Gasteiger partial charge in [0.05, 0.1) is 5.54 Å². The third kappa shape index (κ3) is 1.70. The van der Waals surface area contributed by atoms with E-state index in [1.165, 1.54) is 0 Å². The van der Waals surface area contributed by atoms with Crippen molar-refractivity contribution in [2.45, 2.75) is 26.3 Å². The Morgan fingerprint density at radius 3 is 2.10 bits per heavy atom. The van der Waals surface area contributed by atoms with Gasteiger partial charge in [0.1, 0.15) is 0 Å². The van der Waals surface area contributed by atoms with E-state index in [2.05, 4.69) is 5.32 Å². The second-order valence-corrected chi connectivity index (χ2v) is 3.02. The van der Waals surface area contributed by atoms with E-state index in [0.29, 0.717) is 0 Å². The molecule has 0 aliphatic rings. The Balaban J connectivity index is 4.24. The molecule has 0 radical (unpaired) electrons. The van der Waals surface area contributed by atoms with E-state index >= 15 is 0 Å². The summed E-state index contributed by atoms with van der Waals surface area (Å²) in [6.45, 7) is 5.58. The molecule has 1 atom stereocenters. The predicted molar refractivity (Wildman–Crippen MR) is 41.5 cm³/mol. The normalized spacial score (nSPS) is 16.6. The Hall–Kier alpha value is -0.570. The van der Waals surface area contributed by atoms with E-state index in [4.69, 9.17) is 5.73 Å². The van der Waals surface area contributed by atoms with Crippen LogP contribution in [0.1, 0.15) is 20.8 Å². The highest BCUT2D eigenvalue weighted by Crippen LogP contribution is 2.11. The van der Waals surface area contributed by atoms with Gasteiger partial charge in [-0.05, 0) is 12.8 Å². The van der Waals surface area contributed by atoms with Crippen molar-refractivity contribution in [3.8, 4) is 0 Å². The Labute approximate surface area is 62.0 Å². The SMILES string of the molecule is CNC(=O)C(C)(N)C(C)C. The Bertz CT molecular complexity index is 130. The molecule has 0 saturated carbocycles. The van der Waals surface area contributed by atoms with Crippen molar-refractivity contribution in [1.29, 1.82) is 0 Å². The fourth-order valence-electron chi connectivity index (χ4n) is 0.532. The number of likely N-dealkylation sites (N-methyl/N-ethyl adjacent to an activating group) is 1. The number of hydrogen-bond donors (Lipinski definition) is 2. The minimum absolute atomic E-state index is 0.109. The van der Waals surface area contributed by atoms with Crippen molar-refractivity contribution >= 4 is 5.91 Å². The first kappa shape index (κ1) is 9.43. The summed E-state index contributed by atoms with van der Waals surface area (Å²) in [5.41, 5.74) is 4.96. The number of hydrogen-bond acceptors (Lipinski definition) is 2. The van der Waals surface area contributed by atoms with Gasteiger partial charge >= 0.3 is 0 Å². The predicted octanol–water partition coefficient (Wildman–Crippen LogP) is 0.106. The first-order chi connectivity index (χ1) is 4.42. The van der Waals surface area contributed by atoms with Gasteiger partial charge in [0.25, 0.3) is 0 Å². The molecule has 0 bridgehead atoms. The molecular formula is C7H16N2O. The van der Waals surface area contributed by atoms with E-state index in [0.717, 1.165) is 0 Å². The zero-order valence-corrected chi connectivity index (χ0v) is 7.06. The zero-order chi connectivity index (χ0) is 8.36. The van der Waals surface area contributed by atoms with Crippen LogP contribution in [0.3, 0.4) is 0 Å². The number of nitrogens with one attached hydrogen (secondary N) is 1. The third-order valence-corrected chi connectivity index (χ3v) is 1.92. The van der Waals surface area contributed by atoms with Crippen molar-refractivity contribution in [3.63, 3.8) is 0 Å². The Kier molecular flexibility index (Phi) is 2.84. The van der Waals surface area contributed by atoms with E-state index in [9.17, 15) is 4.79 Å². The maximum atomic E-state index is 11.0. The minimum Gasteiger partial charge on any atom is -0.358 e. The maximum Gasteiger partial charge on any atom is 0.239 e. The highest BCUT2D eigenvalue weighted by atomic mass is 16.2. The molecule has 0 spiro atoms. The number of rotatable bonds is 2. The molecule has 3 nitrogen and oxygen atoms in total. The van der Waals surface area contributed by atoms with Crippen LogP contribution in [0, 0.1) is 5.92 Å². The first-order valence-corrected chi connectivity index (χ1v) is 3.44. The lowest BCUT2D eigenvalue weighted by Gasteiger charge is -2.26. The molecule has 0 aliphatic carbocycles. The number of nitrogens with two attached hydrogens (primary N) is 1. The summed E-state index contributed by atoms with van der Waals surface area (Å²) in [5, 5.41) is 2.52. The van der Waals surface area contributed by atoms with Gasteiger partial charge in [0, 0.05) is 7.05 Å². The van der Waals surface area contributed by atoms with Crippen LogP contribution in [-0.2, 0) is 4.79 Å². The largest absolute Gasteiger partial charge is 0.358 e. The summed E-state index contributed by atoms with van der Waals surface area (Å²) in [5.74, 6) is 0.0509. The van der Waals surface area contributed by atoms with Gasteiger partial charge in [-0.1, -0.05) is 13.8 Å². The molecule has 0 fully saturated rings. The van der Waals surface area contributed by atoms with E-state index < -0.39 is 5.54 Å². The zero-order valence-electron chi connectivity index (χ0n) is 7.06. The molecule has 1 unspecified atom stereocenters. The second-order valence-electron chi connectivity index (χ2n) is 3.02. The average molecular weight is 144 g/mol. The molecule has 0 aromatic heterocycles. The van der Waals surface area contributed by atoms with Crippen LogP contribution < -0.4 is 11.1 Å². The van der Waals surface area contributed by atoms with Crippen LogP contribution in [0.4, 0.5) is 0 Å². The van der Waals surface area contributed by atoms with Gasteiger partial charge < -0.3 is 11.1 Å². The van der Waals surface area contributed by atoms with Gasteiger partial charge in [0.15, 0.2) is 0 Å².